The Morgan fingerprint density at radius 1 is 1.25 bits per heavy atom. The molecule has 0 radical (unpaired) electrons. The Bertz CT molecular complexity index is 311. The Kier molecular flexibility index (Phi) is 5.85. The van der Waals surface area contributed by atoms with E-state index in [0.29, 0.717) is 12.3 Å². The number of nitrogens with two attached hydrogens (primary N) is 1. The molecule has 2 atom stereocenters. The molecule has 2 unspecified atom stereocenters. The molecule has 0 aromatic rings. The third-order valence-electron chi connectivity index (χ3n) is 4.76. The van der Waals surface area contributed by atoms with Crippen LogP contribution < -0.4 is 5.73 Å². The van der Waals surface area contributed by atoms with Crippen molar-refractivity contribution in [1.29, 1.82) is 0 Å². The van der Waals surface area contributed by atoms with Gasteiger partial charge >= 0.3 is 0 Å². The third-order valence-corrected chi connectivity index (χ3v) is 4.76. The van der Waals surface area contributed by atoms with Gasteiger partial charge in [0.2, 0.25) is 5.91 Å². The van der Waals surface area contributed by atoms with Crippen LogP contribution in [0.3, 0.4) is 0 Å². The fourth-order valence-corrected chi connectivity index (χ4v) is 3.45. The summed E-state index contributed by atoms with van der Waals surface area (Å²) < 4.78 is 0. The molecule has 2 aliphatic rings. The molecular weight excluding hydrogens is 250 g/mol. The van der Waals surface area contributed by atoms with Gasteiger partial charge in [0.15, 0.2) is 0 Å². The number of carbonyl (C=O) groups is 1. The zero-order valence-corrected chi connectivity index (χ0v) is 13.2. The quantitative estimate of drug-likeness (QED) is 0.853. The highest BCUT2D eigenvalue weighted by Crippen LogP contribution is 2.22. The van der Waals surface area contributed by atoms with Gasteiger partial charge in [-0.15, -0.1) is 0 Å². The van der Waals surface area contributed by atoms with E-state index in [2.05, 4.69) is 11.8 Å². The number of rotatable bonds is 4. The lowest BCUT2D eigenvalue weighted by Gasteiger charge is -2.38. The summed E-state index contributed by atoms with van der Waals surface area (Å²) in [6, 6.07) is -0.0218. The largest absolute Gasteiger partial charge is 0.342 e. The predicted octanol–water partition coefficient (Wildman–Crippen LogP) is 1.69. The van der Waals surface area contributed by atoms with E-state index >= 15 is 0 Å². The van der Waals surface area contributed by atoms with Crippen LogP contribution in [0.15, 0.2) is 0 Å². The van der Waals surface area contributed by atoms with Crippen LogP contribution in [0.25, 0.3) is 0 Å². The topological polar surface area (TPSA) is 49.6 Å². The SMILES string of the molecule is CC(N)CC(=O)N1CCCC(CN2CCC(C)CC2)C1. The Morgan fingerprint density at radius 2 is 1.95 bits per heavy atom. The molecule has 0 aliphatic carbocycles. The Labute approximate surface area is 123 Å². The number of amides is 1. The molecule has 20 heavy (non-hydrogen) atoms. The summed E-state index contributed by atoms with van der Waals surface area (Å²) in [7, 11) is 0. The first-order valence-electron chi connectivity index (χ1n) is 8.30. The molecule has 2 N–H and O–H groups in total. The minimum absolute atomic E-state index is 0.0218. The summed E-state index contributed by atoms with van der Waals surface area (Å²) in [6.45, 7) is 9.79. The van der Waals surface area contributed by atoms with E-state index < -0.39 is 0 Å². The fraction of sp³-hybridized carbons (Fsp3) is 0.938. The summed E-state index contributed by atoms with van der Waals surface area (Å²) in [4.78, 5) is 16.8. The van der Waals surface area contributed by atoms with Gasteiger partial charge in [-0.2, -0.15) is 0 Å². The van der Waals surface area contributed by atoms with E-state index in [1.165, 1.54) is 38.9 Å². The molecule has 4 nitrogen and oxygen atoms in total. The standard InChI is InChI=1S/C16H31N3O/c1-13-5-8-18(9-6-13)11-15-4-3-7-19(12-15)16(20)10-14(2)17/h13-15H,3-12,17H2,1-2H3. The van der Waals surface area contributed by atoms with E-state index in [-0.39, 0.29) is 11.9 Å². The molecule has 2 rings (SSSR count). The summed E-state index contributed by atoms with van der Waals surface area (Å²) >= 11 is 0. The summed E-state index contributed by atoms with van der Waals surface area (Å²) in [5.41, 5.74) is 5.74. The van der Waals surface area contributed by atoms with Crippen LogP contribution in [0.1, 0.15) is 46.0 Å². The number of carbonyl (C=O) groups excluding carboxylic acids is 1. The smallest absolute Gasteiger partial charge is 0.224 e. The molecule has 116 valence electrons. The number of nitrogens with zero attached hydrogens (tertiary/aromatic N) is 2. The van der Waals surface area contributed by atoms with Crippen LogP contribution >= 0.6 is 0 Å². The van der Waals surface area contributed by atoms with Crippen molar-refractivity contribution in [2.45, 2.75) is 52.0 Å². The number of likely N-dealkylation sites (tertiary alicyclic amines) is 2. The Balaban J connectivity index is 1.77. The highest BCUT2D eigenvalue weighted by Gasteiger charge is 2.26. The highest BCUT2D eigenvalue weighted by molar-refractivity contribution is 5.76. The van der Waals surface area contributed by atoms with E-state index in [4.69, 9.17) is 5.73 Å². The molecule has 0 spiro atoms. The zero-order valence-electron chi connectivity index (χ0n) is 13.2. The lowest BCUT2D eigenvalue weighted by Crippen LogP contribution is -2.46. The van der Waals surface area contributed by atoms with Gasteiger partial charge in [0.25, 0.3) is 0 Å². The maximum absolute atomic E-state index is 12.1. The maximum Gasteiger partial charge on any atom is 0.224 e. The van der Waals surface area contributed by atoms with Crippen LogP contribution in [0.4, 0.5) is 0 Å². The summed E-state index contributed by atoms with van der Waals surface area (Å²) in [6.07, 6.45) is 5.58. The average molecular weight is 281 g/mol. The van der Waals surface area contributed by atoms with Crippen molar-refractivity contribution in [3.05, 3.63) is 0 Å². The summed E-state index contributed by atoms with van der Waals surface area (Å²) in [5, 5.41) is 0. The number of piperidine rings is 2. The van der Waals surface area contributed by atoms with Crippen molar-refractivity contribution >= 4 is 5.91 Å². The van der Waals surface area contributed by atoms with Gasteiger partial charge in [-0.25, -0.2) is 0 Å². The van der Waals surface area contributed by atoms with Crippen LogP contribution in [0.5, 0.6) is 0 Å². The molecule has 0 aromatic carbocycles. The number of hydrogen-bond acceptors (Lipinski definition) is 3. The van der Waals surface area contributed by atoms with Crippen molar-refractivity contribution in [2.24, 2.45) is 17.6 Å². The molecule has 0 saturated carbocycles. The molecule has 0 bridgehead atoms. The van der Waals surface area contributed by atoms with Crippen LogP contribution in [-0.2, 0) is 4.79 Å². The van der Waals surface area contributed by atoms with E-state index in [1.54, 1.807) is 0 Å². The van der Waals surface area contributed by atoms with E-state index in [0.717, 1.165) is 25.4 Å². The van der Waals surface area contributed by atoms with Gasteiger partial charge in [-0.1, -0.05) is 6.92 Å². The molecular formula is C16H31N3O. The minimum atomic E-state index is -0.0218. The second-order valence-corrected chi connectivity index (χ2v) is 7.01. The van der Waals surface area contributed by atoms with Gasteiger partial charge in [-0.05, 0) is 57.5 Å². The molecule has 0 aromatic heterocycles. The van der Waals surface area contributed by atoms with Crippen LogP contribution in [-0.4, -0.2) is 54.5 Å². The molecule has 2 heterocycles. The van der Waals surface area contributed by atoms with Gasteiger partial charge in [-0.3, -0.25) is 4.79 Å². The molecule has 1 amide bonds. The highest BCUT2D eigenvalue weighted by atomic mass is 16.2. The summed E-state index contributed by atoms with van der Waals surface area (Å²) in [5.74, 6) is 1.80. The van der Waals surface area contributed by atoms with Gasteiger partial charge in [0.05, 0.1) is 0 Å². The van der Waals surface area contributed by atoms with Crippen molar-refractivity contribution in [3.63, 3.8) is 0 Å². The van der Waals surface area contributed by atoms with Gasteiger partial charge < -0.3 is 15.5 Å². The zero-order chi connectivity index (χ0) is 14.5. The predicted molar refractivity (Wildman–Crippen MR) is 82.4 cm³/mol. The van der Waals surface area contributed by atoms with Crippen molar-refractivity contribution < 1.29 is 4.79 Å². The first-order chi connectivity index (χ1) is 9.54. The van der Waals surface area contributed by atoms with E-state index in [9.17, 15) is 4.79 Å². The van der Waals surface area contributed by atoms with Crippen LogP contribution in [0, 0.1) is 11.8 Å². The van der Waals surface area contributed by atoms with Gasteiger partial charge in [0.1, 0.15) is 0 Å². The molecule has 2 fully saturated rings. The minimum Gasteiger partial charge on any atom is -0.342 e. The van der Waals surface area contributed by atoms with Crippen molar-refractivity contribution in [3.8, 4) is 0 Å². The average Bonchev–Trinajstić information content (AvgIpc) is 2.41. The molecule has 2 saturated heterocycles. The lowest BCUT2D eigenvalue weighted by atomic mass is 9.94. The molecule has 2 aliphatic heterocycles. The fourth-order valence-electron chi connectivity index (χ4n) is 3.45. The monoisotopic (exact) mass is 281 g/mol. The van der Waals surface area contributed by atoms with Gasteiger partial charge in [0, 0.05) is 32.1 Å². The first-order valence-corrected chi connectivity index (χ1v) is 8.30. The maximum atomic E-state index is 12.1. The first kappa shape index (κ1) is 15.8. The number of hydrogen-bond donors (Lipinski definition) is 1. The lowest BCUT2D eigenvalue weighted by molar-refractivity contribution is -0.133. The van der Waals surface area contributed by atoms with Crippen molar-refractivity contribution in [1.82, 2.24) is 9.80 Å². The van der Waals surface area contributed by atoms with Crippen LogP contribution in [0.2, 0.25) is 0 Å². The van der Waals surface area contributed by atoms with E-state index in [1.807, 2.05) is 11.8 Å². The Morgan fingerprint density at radius 3 is 2.60 bits per heavy atom. The van der Waals surface area contributed by atoms with Crippen molar-refractivity contribution in [2.75, 3.05) is 32.7 Å². The normalized spacial score (nSPS) is 27.6. The third kappa shape index (κ3) is 4.74. The Hall–Kier alpha value is -0.610. The second-order valence-electron chi connectivity index (χ2n) is 7.01. The molecule has 4 heteroatoms. The second kappa shape index (κ2) is 7.41.